The topological polar surface area (TPSA) is 49.8 Å². The third kappa shape index (κ3) is 2.26. The number of likely N-dealkylation sites (tertiary alicyclic amines) is 1. The summed E-state index contributed by atoms with van der Waals surface area (Å²) in [5, 5.41) is 10.6. The molecule has 1 radical (unpaired) electrons. The number of carbonyl (C=O) groups excluding carboxylic acids is 1. The number of rotatable bonds is 2. The van der Waals surface area contributed by atoms with Crippen molar-refractivity contribution >= 4 is 13.1 Å². The Kier molecular flexibility index (Phi) is 4.43. The first kappa shape index (κ1) is 19.8. The molecule has 4 rings (SSSR count). The van der Waals surface area contributed by atoms with Crippen LogP contribution in [0, 0.1) is 17.8 Å². The number of carbonyl (C=O) groups is 1. The van der Waals surface area contributed by atoms with Crippen LogP contribution >= 0.6 is 0 Å². The maximum absolute atomic E-state index is 12.2. The molecule has 28 heavy (non-hydrogen) atoms. The normalized spacial score (nSPS) is 36.2. The van der Waals surface area contributed by atoms with E-state index in [9.17, 15) is 9.90 Å². The van der Waals surface area contributed by atoms with Crippen LogP contribution in [0.25, 0.3) is 0 Å². The van der Waals surface area contributed by atoms with E-state index < -0.39 is 0 Å². The van der Waals surface area contributed by atoms with Crippen molar-refractivity contribution in [3.63, 3.8) is 0 Å². The van der Waals surface area contributed by atoms with Gasteiger partial charge in [-0.2, -0.15) is 0 Å². The lowest BCUT2D eigenvalue weighted by Crippen LogP contribution is -2.73. The van der Waals surface area contributed by atoms with Crippen LogP contribution in [-0.2, 0) is 16.6 Å². The van der Waals surface area contributed by atoms with Crippen molar-refractivity contribution in [3.05, 3.63) is 28.8 Å². The average Bonchev–Trinajstić information content (AvgIpc) is 2.64. The van der Waals surface area contributed by atoms with Gasteiger partial charge < -0.3 is 14.7 Å². The predicted molar refractivity (Wildman–Crippen MR) is 112 cm³/mol. The molecule has 1 aromatic rings. The third-order valence-corrected chi connectivity index (χ3v) is 8.77. The minimum atomic E-state index is -0.230. The van der Waals surface area contributed by atoms with Crippen molar-refractivity contribution in [2.24, 2.45) is 10.8 Å². The summed E-state index contributed by atoms with van der Waals surface area (Å²) in [6, 6.07) is 4.44. The highest BCUT2D eigenvalue weighted by atomic mass is 16.5. The monoisotopic (exact) mass is 382 g/mol. The van der Waals surface area contributed by atoms with Crippen LogP contribution in [0.2, 0.25) is 6.82 Å². The highest BCUT2D eigenvalue weighted by Gasteiger charge is 2.70. The molecule has 2 bridgehead atoms. The van der Waals surface area contributed by atoms with Gasteiger partial charge in [-0.1, -0.05) is 33.7 Å². The minimum absolute atomic E-state index is 0.0773. The van der Waals surface area contributed by atoms with E-state index >= 15 is 0 Å². The molecule has 4 atom stereocenters. The zero-order valence-corrected chi connectivity index (χ0v) is 18.1. The molecule has 2 aliphatic carbocycles. The summed E-state index contributed by atoms with van der Waals surface area (Å²) < 4.78 is 5.98. The SMILES string of the molecule is C[B]C(=O)OC1CCC2(C)[C@H]3Cc4ccc(O)c(C)c4[C@@]2(CCN3C)C1(C)C. The molecule has 0 spiro atoms. The number of ether oxygens (including phenoxy) is 1. The van der Waals surface area contributed by atoms with Crippen LogP contribution in [0.5, 0.6) is 5.75 Å². The van der Waals surface area contributed by atoms with Crippen LogP contribution < -0.4 is 0 Å². The van der Waals surface area contributed by atoms with Gasteiger partial charge in [-0.3, -0.25) is 4.79 Å². The number of benzene rings is 1. The van der Waals surface area contributed by atoms with E-state index in [2.05, 4.69) is 45.7 Å². The summed E-state index contributed by atoms with van der Waals surface area (Å²) in [6.45, 7) is 11.9. The Balaban J connectivity index is 1.98. The lowest BCUT2D eigenvalue weighted by Gasteiger charge is -2.71. The fraction of sp³-hybridized carbons (Fsp3) is 0.696. The van der Waals surface area contributed by atoms with Gasteiger partial charge in [-0.25, -0.2) is 0 Å². The van der Waals surface area contributed by atoms with E-state index in [1.165, 1.54) is 18.4 Å². The largest absolute Gasteiger partial charge is 0.508 e. The van der Waals surface area contributed by atoms with E-state index in [0.717, 1.165) is 37.8 Å². The molecule has 1 saturated heterocycles. The third-order valence-electron chi connectivity index (χ3n) is 8.77. The summed E-state index contributed by atoms with van der Waals surface area (Å²) in [5.41, 5.74) is 3.40. The molecule has 5 heteroatoms. The Labute approximate surface area is 169 Å². The molecule has 0 aromatic heterocycles. The van der Waals surface area contributed by atoms with Gasteiger partial charge in [0.25, 0.3) is 7.28 Å². The molecule has 2 unspecified atom stereocenters. The number of likely N-dealkylation sites (N-methyl/N-ethyl adjacent to an activating group) is 1. The maximum Gasteiger partial charge on any atom is 0.257 e. The Morgan fingerprint density at radius 1 is 1.29 bits per heavy atom. The fourth-order valence-electron chi connectivity index (χ4n) is 7.32. The average molecular weight is 382 g/mol. The number of phenols is 1. The first-order valence-electron chi connectivity index (χ1n) is 10.6. The first-order chi connectivity index (χ1) is 13.1. The molecule has 2 fully saturated rings. The molecule has 1 N–H and O–H groups in total. The Morgan fingerprint density at radius 2 is 2.00 bits per heavy atom. The summed E-state index contributed by atoms with van der Waals surface area (Å²) in [5.74, 6) is 0.149. The number of hydrogen-bond acceptors (Lipinski definition) is 4. The van der Waals surface area contributed by atoms with Crippen molar-refractivity contribution in [1.29, 1.82) is 0 Å². The molecule has 1 aliphatic heterocycles. The van der Waals surface area contributed by atoms with Gasteiger partial charge in [0.15, 0.2) is 0 Å². The molecule has 3 aliphatic rings. The van der Waals surface area contributed by atoms with Crippen LogP contribution in [0.1, 0.15) is 56.7 Å². The Hall–Kier alpha value is -1.49. The van der Waals surface area contributed by atoms with Gasteiger partial charge in [-0.15, -0.1) is 0 Å². The molecular formula is C23H33BNO3. The highest BCUT2D eigenvalue weighted by Crippen LogP contribution is 2.70. The summed E-state index contributed by atoms with van der Waals surface area (Å²) in [6.07, 6.45) is 3.84. The van der Waals surface area contributed by atoms with Gasteiger partial charge in [0.1, 0.15) is 11.9 Å². The van der Waals surface area contributed by atoms with E-state index in [0.29, 0.717) is 11.8 Å². The predicted octanol–water partition coefficient (Wildman–Crippen LogP) is 4.28. The van der Waals surface area contributed by atoms with Gasteiger partial charge in [-0.05, 0) is 74.4 Å². The molecule has 151 valence electrons. The second-order valence-electron chi connectivity index (χ2n) is 9.99. The molecule has 1 heterocycles. The van der Waals surface area contributed by atoms with Gasteiger partial charge in [0.05, 0.1) is 0 Å². The van der Waals surface area contributed by atoms with Crippen molar-refractivity contribution < 1.29 is 14.6 Å². The minimum Gasteiger partial charge on any atom is -0.508 e. The second-order valence-corrected chi connectivity index (χ2v) is 9.99. The van der Waals surface area contributed by atoms with Gasteiger partial charge in [0, 0.05) is 16.9 Å². The smallest absolute Gasteiger partial charge is 0.257 e. The molecule has 1 saturated carbocycles. The van der Waals surface area contributed by atoms with Crippen molar-refractivity contribution in [3.8, 4) is 5.75 Å². The number of piperidine rings is 1. The standard InChI is InChI=1S/C23H33BNO3/c1-14-16(26)8-7-15-13-17-22(4)10-9-18(28-20(27)24-5)21(2,3)23(22,19(14)15)11-12-25(17)6/h7-8,17-18,26H,9-13H2,1-6H3/t17-,18?,22?,23+/m1/s1. The number of phenolic OH excluding ortho intramolecular Hbond substituents is 1. The lowest BCUT2D eigenvalue weighted by atomic mass is 9.36. The Morgan fingerprint density at radius 3 is 2.68 bits per heavy atom. The van der Waals surface area contributed by atoms with Crippen LogP contribution in [-0.4, -0.2) is 48.9 Å². The highest BCUT2D eigenvalue weighted by molar-refractivity contribution is 6.70. The number of fused-ring (bicyclic) bond motifs is 1. The number of hydrogen-bond donors (Lipinski definition) is 1. The van der Waals surface area contributed by atoms with Crippen LogP contribution in [0.15, 0.2) is 12.1 Å². The van der Waals surface area contributed by atoms with Crippen molar-refractivity contribution in [2.75, 3.05) is 13.6 Å². The zero-order valence-electron chi connectivity index (χ0n) is 18.1. The van der Waals surface area contributed by atoms with Crippen LogP contribution in [0.3, 0.4) is 0 Å². The summed E-state index contributed by atoms with van der Waals surface area (Å²) >= 11 is 0. The van der Waals surface area contributed by atoms with E-state index in [-0.39, 0.29) is 28.2 Å². The molecular weight excluding hydrogens is 349 g/mol. The van der Waals surface area contributed by atoms with Crippen molar-refractivity contribution in [1.82, 2.24) is 4.90 Å². The molecule has 0 amide bonds. The summed E-state index contributed by atoms with van der Waals surface area (Å²) in [7, 11) is 3.77. The first-order valence-corrected chi connectivity index (χ1v) is 10.6. The molecule has 1 aromatic carbocycles. The van der Waals surface area contributed by atoms with E-state index in [1.54, 1.807) is 6.82 Å². The number of aromatic hydroxyl groups is 1. The maximum atomic E-state index is 12.2. The van der Waals surface area contributed by atoms with Crippen LogP contribution in [0.4, 0.5) is 4.79 Å². The lowest BCUT2D eigenvalue weighted by molar-refractivity contribution is -0.177. The van der Waals surface area contributed by atoms with Gasteiger partial charge >= 0.3 is 0 Å². The second kappa shape index (κ2) is 6.25. The zero-order chi connectivity index (χ0) is 20.5. The van der Waals surface area contributed by atoms with E-state index in [1.807, 2.05) is 6.07 Å². The fourth-order valence-corrected chi connectivity index (χ4v) is 7.32. The quantitative estimate of drug-likeness (QED) is 0.776. The van der Waals surface area contributed by atoms with Gasteiger partial charge in [0.2, 0.25) is 5.87 Å². The summed E-state index contributed by atoms with van der Waals surface area (Å²) in [4.78, 5) is 14.7. The Bertz CT molecular complexity index is 822. The van der Waals surface area contributed by atoms with E-state index in [4.69, 9.17) is 4.74 Å². The molecule has 4 nitrogen and oxygen atoms in total. The van der Waals surface area contributed by atoms with Crippen molar-refractivity contribution in [2.45, 2.75) is 77.8 Å². The number of nitrogens with zero attached hydrogens (tertiary/aromatic N) is 1.